The number of carbonyl (C=O) groups excluding carboxylic acids is 3. The van der Waals surface area contributed by atoms with Crippen LogP contribution in [0.15, 0.2) is 47.0 Å². The highest BCUT2D eigenvalue weighted by Gasteiger charge is 2.61. The van der Waals surface area contributed by atoms with Crippen molar-refractivity contribution in [2.45, 2.75) is 45.6 Å². The SMILES string of the molecule is CCOC(=O)C1=C(N)Oc2ccccc2[C@]12C(=O)NC(C)=C2C(=O)OC(C)(C)C. The molecule has 1 atom stereocenters. The molecule has 0 unspecified atom stereocenters. The predicted octanol–water partition coefficient (Wildman–Crippen LogP) is 1.80. The molecule has 8 nitrogen and oxygen atoms in total. The summed E-state index contributed by atoms with van der Waals surface area (Å²) in [5.41, 5.74) is 3.75. The fourth-order valence-corrected chi connectivity index (χ4v) is 3.66. The van der Waals surface area contributed by atoms with Gasteiger partial charge < -0.3 is 25.3 Å². The Balaban J connectivity index is 2.34. The molecule has 2 heterocycles. The minimum atomic E-state index is -1.84. The summed E-state index contributed by atoms with van der Waals surface area (Å²) in [6, 6.07) is 6.61. The quantitative estimate of drug-likeness (QED) is 0.743. The second-order valence-corrected chi connectivity index (χ2v) is 7.76. The zero-order chi connectivity index (χ0) is 21.6. The molecule has 2 aliphatic heterocycles. The molecule has 1 spiro atoms. The van der Waals surface area contributed by atoms with E-state index in [1.54, 1.807) is 58.9 Å². The lowest BCUT2D eigenvalue weighted by atomic mass is 9.67. The first-order valence-electron chi connectivity index (χ1n) is 9.24. The number of ether oxygens (including phenoxy) is 3. The van der Waals surface area contributed by atoms with Gasteiger partial charge in [0.25, 0.3) is 0 Å². The molecule has 0 saturated carbocycles. The normalized spacial score (nSPS) is 20.9. The number of rotatable bonds is 3. The molecule has 1 aromatic carbocycles. The van der Waals surface area contributed by atoms with Crippen LogP contribution in [0.5, 0.6) is 5.75 Å². The van der Waals surface area contributed by atoms with E-state index < -0.39 is 28.9 Å². The van der Waals surface area contributed by atoms with E-state index in [2.05, 4.69) is 5.32 Å². The number of carbonyl (C=O) groups is 3. The zero-order valence-corrected chi connectivity index (χ0v) is 17.0. The monoisotopic (exact) mass is 400 g/mol. The summed E-state index contributed by atoms with van der Waals surface area (Å²) in [6.07, 6.45) is 0. The number of esters is 2. The summed E-state index contributed by atoms with van der Waals surface area (Å²) in [4.78, 5) is 39.5. The van der Waals surface area contributed by atoms with Crippen molar-refractivity contribution in [3.63, 3.8) is 0 Å². The molecular formula is C21H24N2O6. The minimum absolute atomic E-state index is 0.0146. The largest absolute Gasteiger partial charge is 0.462 e. The number of nitrogens with one attached hydrogen (secondary N) is 1. The number of fused-ring (bicyclic) bond motifs is 2. The fraction of sp³-hybridized carbons (Fsp3) is 0.381. The van der Waals surface area contributed by atoms with Gasteiger partial charge in [-0.05, 0) is 40.7 Å². The summed E-state index contributed by atoms with van der Waals surface area (Å²) in [5, 5.41) is 2.67. The maximum atomic E-state index is 13.4. The third kappa shape index (κ3) is 3.14. The third-order valence-corrected chi connectivity index (χ3v) is 4.61. The molecule has 3 N–H and O–H groups in total. The Morgan fingerprint density at radius 3 is 2.45 bits per heavy atom. The predicted molar refractivity (Wildman–Crippen MR) is 103 cm³/mol. The Labute approximate surface area is 168 Å². The molecule has 0 bridgehead atoms. The van der Waals surface area contributed by atoms with E-state index in [9.17, 15) is 14.4 Å². The van der Waals surface area contributed by atoms with Crippen LogP contribution in [0, 0.1) is 0 Å². The summed E-state index contributed by atoms with van der Waals surface area (Å²) >= 11 is 0. The highest BCUT2D eigenvalue weighted by atomic mass is 16.6. The minimum Gasteiger partial charge on any atom is -0.462 e. The first-order valence-corrected chi connectivity index (χ1v) is 9.24. The van der Waals surface area contributed by atoms with Gasteiger partial charge in [-0.2, -0.15) is 0 Å². The Morgan fingerprint density at radius 1 is 1.17 bits per heavy atom. The zero-order valence-electron chi connectivity index (χ0n) is 17.0. The van der Waals surface area contributed by atoms with Gasteiger partial charge in [0.05, 0.1) is 12.2 Å². The lowest BCUT2D eigenvalue weighted by Gasteiger charge is -2.36. The summed E-state index contributed by atoms with van der Waals surface area (Å²) in [6.45, 7) is 8.40. The van der Waals surface area contributed by atoms with E-state index in [1.165, 1.54) is 0 Å². The lowest BCUT2D eigenvalue weighted by Crippen LogP contribution is -2.49. The van der Waals surface area contributed by atoms with Crippen LogP contribution in [0.1, 0.15) is 40.2 Å². The van der Waals surface area contributed by atoms with Gasteiger partial charge in [0.1, 0.15) is 22.3 Å². The second kappa shape index (κ2) is 6.95. The average molecular weight is 400 g/mol. The van der Waals surface area contributed by atoms with Crippen LogP contribution in [0.4, 0.5) is 0 Å². The molecular weight excluding hydrogens is 376 g/mol. The van der Waals surface area contributed by atoms with Gasteiger partial charge in [0.2, 0.25) is 11.8 Å². The summed E-state index contributed by atoms with van der Waals surface area (Å²) in [5.74, 6) is -2.21. The first kappa shape index (κ1) is 20.4. The second-order valence-electron chi connectivity index (χ2n) is 7.76. The van der Waals surface area contributed by atoms with Crippen LogP contribution in [0.25, 0.3) is 0 Å². The van der Waals surface area contributed by atoms with Crippen LogP contribution >= 0.6 is 0 Å². The van der Waals surface area contributed by atoms with Crippen LogP contribution in [0.3, 0.4) is 0 Å². The highest BCUT2D eigenvalue weighted by Crippen LogP contribution is 2.51. The highest BCUT2D eigenvalue weighted by molar-refractivity contribution is 6.17. The van der Waals surface area contributed by atoms with Crippen molar-refractivity contribution in [2.75, 3.05) is 6.61 Å². The average Bonchev–Trinajstić information content (AvgIpc) is 2.84. The van der Waals surface area contributed by atoms with Gasteiger partial charge in [-0.3, -0.25) is 4.79 Å². The van der Waals surface area contributed by atoms with E-state index in [0.717, 1.165) is 0 Å². The third-order valence-electron chi connectivity index (χ3n) is 4.61. The Hall–Kier alpha value is -3.29. The van der Waals surface area contributed by atoms with E-state index in [0.29, 0.717) is 5.56 Å². The number of para-hydroxylation sites is 1. The molecule has 29 heavy (non-hydrogen) atoms. The topological polar surface area (TPSA) is 117 Å². The molecule has 0 saturated heterocycles. The van der Waals surface area contributed by atoms with Gasteiger partial charge in [-0.1, -0.05) is 18.2 Å². The van der Waals surface area contributed by atoms with Gasteiger partial charge in [-0.15, -0.1) is 0 Å². The van der Waals surface area contributed by atoms with E-state index >= 15 is 0 Å². The number of hydrogen-bond acceptors (Lipinski definition) is 7. The van der Waals surface area contributed by atoms with E-state index in [1.807, 2.05) is 0 Å². The Bertz CT molecular complexity index is 970. The summed E-state index contributed by atoms with van der Waals surface area (Å²) in [7, 11) is 0. The van der Waals surface area contributed by atoms with Gasteiger partial charge in [0, 0.05) is 11.3 Å². The van der Waals surface area contributed by atoms with Crippen LogP contribution in [-0.4, -0.2) is 30.1 Å². The van der Waals surface area contributed by atoms with E-state index in [-0.39, 0.29) is 35.1 Å². The molecule has 2 aliphatic rings. The molecule has 0 radical (unpaired) electrons. The van der Waals surface area contributed by atoms with Crippen molar-refractivity contribution in [3.8, 4) is 5.75 Å². The molecule has 3 rings (SSSR count). The standard InChI is InChI=1S/C21H24N2O6/c1-6-27-17(24)15-16(22)28-13-10-8-7-9-12(13)21(15)14(11(2)23-19(21)26)18(25)29-20(3,4)5/h7-10H,6,22H2,1-5H3,(H,23,26)/t21-/m1/s1. The molecule has 0 aliphatic carbocycles. The molecule has 8 heteroatoms. The van der Waals surface area contributed by atoms with Crippen molar-refractivity contribution in [1.82, 2.24) is 5.32 Å². The van der Waals surface area contributed by atoms with Crippen molar-refractivity contribution < 1.29 is 28.6 Å². The Kier molecular flexibility index (Phi) is 4.90. The Morgan fingerprint density at radius 2 is 1.83 bits per heavy atom. The molecule has 0 fully saturated rings. The van der Waals surface area contributed by atoms with Gasteiger partial charge in [-0.25, -0.2) is 9.59 Å². The maximum absolute atomic E-state index is 13.4. The molecule has 1 amide bonds. The van der Waals surface area contributed by atoms with E-state index in [4.69, 9.17) is 19.9 Å². The van der Waals surface area contributed by atoms with Crippen LogP contribution in [-0.2, 0) is 29.3 Å². The number of benzene rings is 1. The number of amides is 1. The number of hydrogen-bond donors (Lipinski definition) is 2. The van der Waals surface area contributed by atoms with Crippen molar-refractivity contribution >= 4 is 17.8 Å². The van der Waals surface area contributed by atoms with Gasteiger partial charge in [0.15, 0.2) is 0 Å². The molecule has 1 aromatic rings. The number of allylic oxidation sites excluding steroid dienone is 1. The summed E-state index contributed by atoms with van der Waals surface area (Å²) < 4.78 is 16.3. The fourth-order valence-electron chi connectivity index (χ4n) is 3.66. The molecule has 0 aromatic heterocycles. The smallest absolute Gasteiger partial charge is 0.341 e. The van der Waals surface area contributed by atoms with Crippen LogP contribution in [0.2, 0.25) is 0 Å². The van der Waals surface area contributed by atoms with Gasteiger partial charge >= 0.3 is 11.9 Å². The number of nitrogens with two attached hydrogens (primary N) is 1. The lowest BCUT2D eigenvalue weighted by molar-refractivity contribution is -0.151. The first-order chi connectivity index (χ1) is 13.5. The van der Waals surface area contributed by atoms with Crippen molar-refractivity contribution in [3.05, 3.63) is 52.6 Å². The maximum Gasteiger partial charge on any atom is 0.341 e. The van der Waals surface area contributed by atoms with Crippen molar-refractivity contribution in [1.29, 1.82) is 0 Å². The van der Waals surface area contributed by atoms with Crippen molar-refractivity contribution in [2.24, 2.45) is 5.73 Å². The van der Waals surface area contributed by atoms with Crippen LogP contribution < -0.4 is 15.8 Å². The molecule has 154 valence electrons.